The van der Waals surface area contributed by atoms with Crippen LogP contribution in [0, 0.1) is 5.92 Å². The Bertz CT molecular complexity index is 551. The van der Waals surface area contributed by atoms with Gasteiger partial charge in [-0.1, -0.05) is 24.3 Å². The molecule has 0 aliphatic carbocycles. The molecule has 2 aliphatic heterocycles. The highest BCUT2D eigenvalue weighted by Gasteiger charge is 2.37. The van der Waals surface area contributed by atoms with Crippen molar-refractivity contribution in [3.63, 3.8) is 0 Å². The first-order valence-electron chi connectivity index (χ1n) is 7.34. The second-order valence-corrected chi connectivity index (χ2v) is 5.68. The molecule has 3 rings (SSSR count). The van der Waals surface area contributed by atoms with Gasteiger partial charge in [0, 0.05) is 32.1 Å². The zero-order valence-corrected chi connectivity index (χ0v) is 11.8. The van der Waals surface area contributed by atoms with Crippen LogP contribution >= 0.6 is 0 Å². The number of carboxylic acid groups (broad SMARTS) is 1. The number of carbonyl (C=O) groups excluding carboxylic acids is 1. The van der Waals surface area contributed by atoms with Gasteiger partial charge in [-0.25, -0.2) is 4.79 Å². The predicted molar refractivity (Wildman–Crippen MR) is 75.7 cm³/mol. The largest absolute Gasteiger partial charge is 0.480 e. The van der Waals surface area contributed by atoms with Gasteiger partial charge in [-0.15, -0.1) is 0 Å². The van der Waals surface area contributed by atoms with Crippen molar-refractivity contribution in [3.8, 4) is 0 Å². The zero-order valence-electron chi connectivity index (χ0n) is 11.8. The number of fused-ring (bicyclic) bond motifs is 1. The van der Waals surface area contributed by atoms with E-state index >= 15 is 0 Å². The average Bonchev–Trinajstić information content (AvgIpc) is 2.53. The van der Waals surface area contributed by atoms with E-state index in [-0.39, 0.29) is 11.8 Å². The Morgan fingerprint density at radius 3 is 2.48 bits per heavy atom. The molecule has 1 aromatic carbocycles. The van der Waals surface area contributed by atoms with Crippen molar-refractivity contribution in [3.05, 3.63) is 35.4 Å². The topological polar surface area (TPSA) is 66.8 Å². The maximum atomic E-state index is 12.7. The summed E-state index contributed by atoms with van der Waals surface area (Å²) in [6, 6.07) is 7.00. The number of carboxylic acids is 1. The van der Waals surface area contributed by atoms with Crippen molar-refractivity contribution in [1.29, 1.82) is 0 Å². The van der Waals surface area contributed by atoms with E-state index < -0.39 is 12.0 Å². The van der Waals surface area contributed by atoms with Crippen LogP contribution < -0.4 is 0 Å². The van der Waals surface area contributed by atoms with Gasteiger partial charge >= 0.3 is 5.97 Å². The van der Waals surface area contributed by atoms with Gasteiger partial charge < -0.3 is 14.7 Å². The van der Waals surface area contributed by atoms with Crippen LogP contribution in [0.25, 0.3) is 0 Å². The molecule has 0 radical (unpaired) electrons. The van der Waals surface area contributed by atoms with Gasteiger partial charge in [-0.2, -0.15) is 0 Å². The molecule has 0 spiro atoms. The van der Waals surface area contributed by atoms with E-state index in [9.17, 15) is 14.7 Å². The molecule has 1 saturated heterocycles. The highest BCUT2D eigenvalue weighted by molar-refractivity contribution is 5.86. The van der Waals surface area contributed by atoms with Gasteiger partial charge in [0.1, 0.15) is 6.04 Å². The standard InChI is InChI=1S/C16H19NO4/c18-15(11-5-7-21-8-6-11)17-10-13-4-2-1-3-12(13)9-14(17)16(19)20/h1-4,11,14H,5-10H2,(H,19,20). The van der Waals surface area contributed by atoms with E-state index in [4.69, 9.17) is 4.74 Å². The summed E-state index contributed by atoms with van der Waals surface area (Å²) in [5.74, 6) is -1.07. The first-order valence-corrected chi connectivity index (χ1v) is 7.34. The third-order valence-electron chi connectivity index (χ3n) is 4.39. The minimum Gasteiger partial charge on any atom is -0.480 e. The van der Waals surface area contributed by atoms with Crippen LogP contribution in [0.15, 0.2) is 24.3 Å². The van der Waals surface area contributed by atoms with E-state index in [1.54, 1.807) is 4.90 Å². The van der Waals surface area contributed by atoms with Gasteiger partial charge in [0.25, 0.3) is 0 Å². The SMILES string of the molecule is O=C(O)C1Cc2ccccc2CN1C(=O)C1CCOCC1. The van der Waals surface area contributed by atoms with E-state index in [1.165, 1.54) is 0 Å². The number of ether oxygens (including phenoxy) is 1. The number of carbonyl (C=O) groups is 2. The Morgan fingerprint density at radius 2 is 1.81 bits per heavy atom. The number of hydrogen-bond donors (Lipinski definition) is 1. The molecule has 21 heavy (non-hydrogen) atoms. The Kier molecular flexibility index (Phi) is 3.92. The van der Waals surface area contributed by atoms with Gasteiger partial charge in [0.2, 0.25) is 5.91 Å². The Balaban J connectivity index is 1.85. The van der Waals surface area contributed by atoms with Gasteiger partial charge in [-0.05, 0) is 24.0 Å². The Morgan fingerprint density at radius 1 is 1.14 bits per heavy atom. The summed E-state index contributed by atoms with van der Waals surface area (Å²) in [4.78, 5) is 25.8. The molecule has 1 atom stereocenters. The summed E-state index contributed by atoms with van der Waals surface area (Å²) < 4.78 is 5.28. The minimum absolute atomic E-state index is 0.0415. The summed E-state index contributed by atoms with van der Waals surface area (Å²) in [6.45, 7) is 1.56. The zero-order chi connectivity index (χ0) is 14.8. The van der Waals surface area contributed by atoms with Crippen molar-refractivity contribution < 1.29 is 19.4 Å². The number of hydrogen-bond acceptors (Lipinski definition) is 3. The minimum atomic E-state index is -0.926. The van der Waals surface area contributed by atoms with Crippen molar-refractivity contribution >= 4 is 11.9 Å². The Hall–Kier alpha value is -1.88. The summed E-state index contributed by atoms with van der Waals surface area (Å²) in [5, 5.41) is 9.46. The third-order valence-corrected chi connectivity index (χ3v) is 4.39. The van der Waals surface area contributed by atoms with Crippen LogP contribution in [-0.2, 0) is 27.3 Å². The van der Waals surface area contributed by atoms with Gasteiger partial charge in [0.15, 0.2) is 0 Å². The van der Waals surface area contributed by atoms with Crippen LogP contribution in [-0.4, -0.2) is 41.1 Å². The monoisotopic (exact) mass is 289 g/mol. The molecule has 112 valence electrons. The van der Waals surface area contributed by atoms with Crippen molar-refractivity contribution in [1.82, 2.24) is 4.90 Å². The van der Waals surface area contributed by atoms with Crippen LogP contribution in [0.5, 0.6) is 0 Å². The smallest absolute Gasteiger partial charge is 0.326 e. The lowest BCUT2D eigenvalue weighted by molar-refractivity contribution is -0.154. The molecule has 1 fully saturated rings. The lowest BCUT2D eigenvalue weighted by Gasteiger charge is -2.37. The molecule has 1 N–H and O–H groups in total. The van der Waals surface area contributed by atoms with Crippen molar-refractivity contribution in [2.45, 2.75) is 31.8 Å². The number of amides is 1. The first kappa shape index (κ1) is 14.1. The highest BCUT2D eigenvalue weighted by atomic mass is 16.5. The number of benzene rings is 1. The maximum Gasteiger partial charge on any atom is 0.326 e. The van der Waals surface area contributed by atoms with E-state index in [0.717, 1.165) is 11.1 Å². The fourth-order valence-corrected chi connectivity index (χ4v) is 3.15. The fourth-order valence-electron chi connectivity index (χ4n) is 3.15. The molecule has 1 unspecified atom stereocenters. The summed E-state index contributed by atoms with van der Waals surface area (Å²) >= 11 is 0. The Labute approximate surface area is 123 Å². The molecule has 5 heteroatoms. The predicted octanol–water partition coefficient (Wildman–Crippen LogP) is 1.45. The molecule has 1 amide bonds. The number of aliphatic carboxylic acids is 1. The van der Waals surface area contributed by atoms with E-state index in [0.29, 0.717) is 39.0 Å². The molecule has 1 aromatic rings. The second kappa shape index (κ2) is 5.85. The molecule has 2 aliphatic rings. The van der Waals surface area contributed by atoms with Crippen molar-refractivity contribution in [2.24, 2.45) is 5.92 Å². The van der Waals surface area contributed by atoms with Crippen LogP contribution in [0.2, 0.25) is 0 Å². The normalized spacial score (nSPS) is 22.7. The maximum absolute atomic E-state index is 12.7. The van der Waals surface area contributed by atoms with Crippen LogP contribution in [0.3, 0.4) is 0 Å². The quantitative estimate of drug-likeness (QED) is 0.895. The van der Waals surface area contributed by atoms with Gasteiger partial charge in [-0.3, -0.25) is 4.79 Å². The molecule has 0 saturated carbocycles. The average molecular weight is 289 g/mol. The first-order chi connectivity index (χ1) is 10.2. The van der Waals surface area contributed by atoms with Crippen LogP contribution in [0.1, 0.15) is 24.0 Å². The number of nitrogens with zero attached hydrogens (tertiary/aromatic N) is 1. The summed E-state index contributed by atoms with van der Waals surface area (Å²) in [7, 11) is 0. The highest BCUT2D eigenvalue weighted by Crippen LogP contribution is 2.27. The van der Waals surface area contributed by atoms with Gasteiger partial charge in [0.05, 0.1) is 0 Å². The lowest BCUT2D eigenvalue weighted by atomic mass is 9.91. The van der Waals surface area contributed by atoms with E-state index in [2.05, 4.69) is 0 Å². The fraction of sp³-hybridized carbons (Fsp3) is 0.500. The molecule has 5 nitrogen and oxygen atoms in total. The third kappa shape index (κ3) is 2.78. The molecular weight excluding hydrogens is 270 g/mol. The molecule has 2 heterocycles. The van der Waals surface area contributed by atoms with Crippen LogP contribution in [0.4, 0.5) is 0 Å². The summed E-state index contributed by atoms with van der Waals surface area (Å²) in [6.07, 6.45) is 1.76. The molecule has 0 bridgehead atoms. The van der Waals surface area contributed by atoms with E-state index in [1.807, 2.05) is 24.3 Å². The lowest BCUT2D eigenvalue weighted by Crippen LogP contribution is -2.51. The second-order valence-electron chi connectivity index (χ2n) is 5.68. The van der Waals surface area contributed by atoms with Crippen molar-refractivity contribution in [2.75, 3.05) is 13.2 Å². The molecule has 0 aromatic heterocycles. The number of rotatable bonds is 2. The molecular formula is C16H19NO4. The summed E-state index contributed by atoms with van der Waals surface area (Å²) in [5.41, 5.74) is 2.08.